The second-order valence-corrected chi connectivity index (χ2v) is 7.59. The summed E-state index contributed by atoms with van der Waals surface area (Å²) in [6.45, 7) is 2.34. The molecule has 0 nitrogen and oxygen atoms in total. The molecule has 2 aliphatic carbocycles. The van der Waals surface area contributed by atoms with Gasteiger partial charge < -0.3 is 0 Å². The van der Waals surface area contributed by atoms with E-state index in [1.54, 1.807) is 5.56 Å². The molecule has 1 aromatic carbocycles. The van der Waals surface area contributed by atoms with Crippen LogP contribution in [0.15, 0.2) is 30.3 Å². The Morgan fingerprint density at radius 1 is 0.762 bits per heavy atom. The molecule has 21 heavy (non-hydrogen) atoms. The van der Waals surface area contributed by atoms with Crippen molar-refractivity contribution in [2.24, 2.45) is 17.8 Å². The highest BCUT2D eigenvalue weighted by atomic mass is 14.4. The fourth-order valence-electron chi connectivity index (χ4n) is 5.01. The summed E-state index contributed by atoms with van der Waals surface area (Å²) >= 11 is 0. The van der Waals surface area contributed by atoms with E-state index in [0.717, 1.165) is 23.7 Å². The van der Waals surface area contributed by atoms with Crippen molar-refractivity contribution in [3.63, 3.8) is 0 Å². The Morgan fingerprint density at radius 3 is 1.90 bits per heavy atom. The van der Waals surface area contributed by atoms with Gasteiger partial charge in [-0.3, -0.25) is 0 Å². The summed E-state index contributed by atoms with van der Waals surface area (Å²) in [6, 6.07) is 11.2. The minimum atomic E-state index is 0.846. The molecule has 0 radical (unpaired) electrons. The molecule has 1 aromatic rings. The Bertz CT molecular complexity index is 391. The summed E-state index contributed by atoms with van der Waals surface area (Å²) in [4.78, 5) is 0. The van der Waals surface area contributed by atoms with Gasteiger partial charge in [0.05, 0.1) is 0 Å². The van der Waals surface area contributed by atoms with Crippen LogP contribution in [0.1, 0.15) is 82.6 Å². The Hall–Kier alpha value is -0.780. The number of rotatable bonds is 4. The lowest BCUT2D eigenvalue weighted by Crippen LogP contribution is -2.25. The highest BCUT2D eigenvalue weighted by molar-refractivity contribution is 5.19. The van der Waals surface area contributed by atoms with Crippen LogP contribution in [0.5, 0.6) is 0 Å². The number of hydrogen-bond donors (Lipinski definition) is 0. The van der Waals surface area contributed by atoms with E-state index in [1.165, 1.54) is 64.2 Å². The van der Waals surface area contributed by atoms with E-state index in [-0.39, 0.29) is 0 Å². The molecule has 0 N–H and O–H groups in total. The van der Waals surface area contributed by atoms with Crippen LogP contribution in [-0.4, -0.2) is 0 Å². The quantitative estimate of drug-likeness (QED) is 0.586. The molecule has 0 spiro atoms. The first-order valence-corrected chi connectivity index (χ1v) is 9.41. The van der Waals surface area contributed by atoms with Gasteiger partial charge in [-0.2, -0.15) is 0 Å². The highest BCUT2D eigenvalue weighted by Gasteiger charge is 2.30. The zero-order valence-electron chi connectivity index (χ0n) is 13.8. The fraction of sp³-hybridized carbons (Fsp3) is 0.714. The normalized spacial score (nSPS) is 33.8. The minimum absolute atomic E-state index is 0.846. The molecule has 0 heteroatoms. The van der Waals surface area contributed by atoms with Gasteiger partial charge in [0, 0.05) is 0 Å². The van der Waals surface area contributed by atoms with Gasteiger partial charge in [0.1, 0.15) is 0 Å². The molecule has 0 aromatic heterocycles. The highest BCUT2D eigenvalue weighted by Crippen LogP contribution is 2.44. The van der Waals surface area contributed by atoms with Crippen molar-refractivity contribution < 1.29 is 0 Å². The van der Waals surface area contributed by atoms with Gasteiger partial charge in [0.2, 0.25) is 0 Å². The van der Waals surface area contributed by atoms with Gasteiger partial charge in [0.25, 0.3) is 0 Å². The summed E-state index contributed by atoms with van der Waals surface area (Å²) in [6.07, 6.45) is 14.8. The summed E-state index contributed by atoms with van der Waals surface area (Å²) in [5.74, 6) is 4.02. The van der Waals surface area contributed by atoms with Crippen LogP contribution in [0.3, 0.4) is 0 Å². The third-order valence-corrected chi connectivity index (χ3v) is 6.30. The second kappa shape index (κ2) is 7.47. The van der Waals surface area contributed by atoms with E-state index < -0.39 is 0 Å². The van der Waals surface area contributed by atoms with Gasteiger partial charge in [0.15, 0.2) is 0 Å². The molecule has 0 amide bonds. The zero-order valence-corrected chi connectivity index (χ0v) is 13.8. The molecule has 2 aliphatic rings. The molecule has 2 saturated carbocycles. The van der Waals surface area contributed by atoms with Gasteiger partial charge in [-0.05, 0) is 67.8 Å². The maximum Gasteiger partial charge on any atom is -0.0162 e. The van der Waals surface area contributed by atoms with Crippen LogP contribution >= 0.6 is 0 Å². The van der Waals surface area contributed by atoms with Crippen LogP contribution in [0.4, 0.5) is 0 Å². The monoisotopic (exact) mass is 284 g/mol. The maximum absolute atomic E-state index is 2.34. The van der Waals surface area contributed by atoms with Crippen molar-refractivity contribution in [2.45, 2.75) is 77.0 Å². The second-order valence-electron chi connectivity index (χ2n) is 7.59. The van der Waals surface area contributed by atoms with Gasteiger partial charge in [-0.15, -0.1) is 0 Å². The topological polar surface area (TPSA) is 0 Å². The summed E-state index contributed by atoms with van der Waals surface area (Å²) in [5.41, 5.74) is 1.59. The Kier molecular flexibility index (Phi) is 5.38. The Balaban J connectivity index is 1.46. The number of benzene rings is 1. The number of hydrogen-bond acceptors (Lipinski definition) is 0. The first kappa shape index (κ1) is 15.1. The molecule has 0 unspecified atom stereocenters. The predicted octanol–water partition coefficient (Wildman–Crippen LogP) is 6.57. The van der Waals surface area contributed by atoms with Gasteiger partial charge in [-0.25, -0.2) is 0 Å². The van der Waals surface area contributed by atoms with E-state index in [0.29, 0.717) is 0 Å². The third kappa shape index (κ3) is 3.90. The van der Waals surface area contributed by atoms with Crippen LogP contribution in [0, 0.1) is 17.8 Å². The largest absolute Gasteiger partial charge is 0.0654 e. The van der Waals surface area contributed by atoms with Crippen molar-refractivity contribution in [3.8, 4) is 0 Å². The van der Waals surface area contributed by atoms with E-state index in [1.807, 2.05) is 0 Å². The Labute approximate surface area is 131 Å². The lowest BCUT2D eigenvalue weighted by Gasteiger charge is -2.38. The van der Waals surface area contributed by atoms with Crippen LogP contribution < -0.4 is 0 Å². The van der Waals surface area contributed by atoms with Crippen LogP contribution in [-0.2, 0) is 0 Å². The van der Waals surface area contributed by atoms with E-state index >= 15 is 0 Å². The van der Waals surface area contributed by atoms with Crippen molar-refractivity contribution in [3.05, 3.63) is 35.9 Å². The molecule has 0 heterocycles. The smallest absolute Gasteiger partial charge is 0.0162 e. The molecular weight excluding hydrogens is 252 g/mol. The maximum atomic E-state index is 2.34. The molecule has 2 fully saturated rings. The van der Waals surface area contributed by atoms with Crippen molar-refractivity contribution in [1.29, 1.82) is 0 Å². The summed E-state index contributed by atoms with van der Waals surface area (Å²) < 4.78 is 0. The van der Waals surface area contributed by atoms with Crippen molar-refractivity contribution in [1.82, 2.24) is 0 Å². The summed E-state index contributed by atoms with van der Waals surface area (Å²) in [7, 11) is 0. The minimum Gasteiger partial charge on any atom is -0.0654 e. The zero-order chi connectivity index (χ0) is 14.5. The van der Waals surface area contributed by atoms with Crippen LogP contribution in [0.25, 0.3) is 0 Å². The first-order chi connectivity index (χ1) is 10.4. The predicted molar refractivity (Wildman–Crippen MR) is 91.5 cm³/mol. The molecule has 3 rings (SSSR count). The molecular formula is C21H32. The standard InChI is InChI=1S/C21H32/c1-2-6-17-9-11-19(12-10-17)21-15-13-20(14-16-21)18-7-4-3-5-8-18/h3-5,7-8,17,19-21H,2,6,9-16H2,1H3/t17?,19?,20-,21-. The Morgan fingerprint density at radius 2 is 1.33 bits per heavy atom. The van der Waals surface area contributed by atoms with E-state index in [4.69, 9.17) is 0 Å². The van der Waals surface area contributed by atoms with Crippen molar-refractivity contribution in [2.75, 3.05) is 0 Å². The fourth-order valence-corrected chi connectivity index (χ4v) is 5.01. The molecule has 0 bridgehead atoms. The average Bonchev–Trinajstić information content (AvgIpc) is 2.57. The van der Waals surface area contributed by atoms with Crippen molar-refractivity contribution >= 4 is 0 Å². The van der Waals surface area contributed by atoms with E-state index in [2.05, 4.69) is 37.3 Å². The lowest BCUT2D eigenvalue weighted by molar-refractivity contribution is 0.156. The van der Waals surface area contributed by atoms with Gasteiger partial charge in [-0.1, -0.05) is 62.9 Å². The SMILES string of the molecule is CCCC1CCC([C@H]2CC[C@H](c3ccccc3)CC2)CC1. The lowest BCUT2D eigenvalue weighted by atomic mass is 9.68. The summed E-state index contributed by atoms with van der Waals surface area (Å²) in [5, 5.41) is 0. The molecule has 0 saturated heterocycles. The average molecular weight is 284 g/mol. The van der Waals surface area contributed by atoms with E-state index in [9.17, 15) is 0 Å². The van der Waals surface area contributed by atoms with Gasteiger partial charge >= 0.3 is 0 Å². The third-order valence-electron chi connectivity index (χ3n) is 6.30. The molecule has 0 atom stereocenters. The molecule has 0 aliphatic heterocycles. The van der Waals surface area contributed by atoms with Crippen LogP contribution in [0.2, 0.25) is 0 Å². The molecule has 116 valence electrons. The first-order valence-electron chi connectivity index (χ1n) is 9.41.